The van der Waals surface area contributed by atoms with Crippen molar-refractivity contribution in [3.05, 3.63) is 53.9 Å². The molecule has 0 saturated carbocycles. The zero-order valence-corrected chi connectivity index (χ0v) is 11.4. The van der Waals surface area contributed by atoms with E-state index in [1.54, 1.807) is 7.11 Å². The maximum absolute atomic E-state index is 5.13. The van der Waals surface area contributed by atoms with E-state index in [1.807, 2.05) is 55.6 Å². The number of rotatable bonds is 3. The monoisotopic (exact) mass is 265 g/mol. The number of hydrogen-bond acceptors (Lipinski definition) is 3. The van der Waals surface area contributed by atoms with Gasteiger partial charge in [0, 0.05) is 6.21 Å². The van der Waals surface area contributed by atoms with Crippen molar-refractivity contribution < 1.29 is 4.74 Å². The van der Waals surface area contributed by atoms with Gasteiger partial charge in [0.1, 0.15) is 11.6 Å². The first kappa shape index (κ1) is 12.4. The predicted octanol–water partition coefficient (Wildman–Crippen LogP) is 3.63. The summed E-state index contributed by atoms with van der Waals surface area (Å²) >= 11 is 0. The standard InChI is InChI=1S/C16H15N3O/c1-11-18-15-8-5-13(9-16(15)19-11)17-10-12-3-6-14(20-2)7-4-12/h3-10H,1-2H3,(H,18,19). The molecule has 2 aromatic carbocycles. The molecule has 4 nitrogen and oxygen atoms in total. The molecule has 0 aliphatic carbocycles. The van der Waals surface area contributed by atoms with Gasteiger partial charge in [0.05, 0.1) is 23.8 Å². The SMILES string of the molecule is COc1ccc(C=Nc2ccc3nc(C)[nH]c3c2)cc1. The topological polar surface area (TPSA) is 50.3 Å². The summed E-state index contributed by atoms with van der Waals surface area (Å²) < 4.78 is 5.13. The zero-order valence-electron chi connectivity index (χ0n) is 11.4. The second kappa shape index (κ2) is 5.17. The summed E-state index contributed by atoms with van der Waals surface area (Å²) in [5.41, 5.74) is 3.90. The molecule has 0 amide bonds. The molecule has 100 valence electrons. The molecular weight excluding hydrogens is 250 g/mol. The van der Waals surface area contributed by atoms with Gasteiger partial charge in [-0.05, 0) is 55.0 Å². The Kier molecular flexibility index (Phi) is 3.21. The fourth-order valence-electron chi connectivity index (χ4n) is 2.04. The molecule has 1 N–H and O–H groups in total. The molecule has 0 saturated heterocycles. The second-order valence-electron chi connectivity index (χ2n) is 4.56. The number of hydrogen-bond donors (Lipinski definition) is 1. The first-order chi connectivity index (χ1) is 9.74. The molecule has 20 heavy (non-hydrogen) atoms. The lowest BCUT2D eigenvalue weighted by atomic mass is 10.2. The van der Waals surface area contributed by atoms with Crippen molar-refractivity contribution in [1.82, 2.24) is 9.97 Å². The van der Waals surface area contributed by atoms with Gasteiger partial charge in [0.15, 0.2) is 0 Å². The maximum atomic E-state index is 5.13. The quantitative estimate of drug-likeness (QED) is 0.735. The van der Waals surface area contributed by atoms with Crippen LogP contribution < -0.4 is 4.74 Å². The molecule has 1 aromatic heterocycles. The van der Waals surface area contributed by atoms with Crippen LogP contribution in [-0.2, 0) is 0 Å². The summed E-state index contributed by atoms with van der Waals surface area (Å²) in [6.07, 6.45) is 1.84. The van der Waals surface area contributed by atoms with Gasteiger partial charge in [-0.25, -0.2) is 4.98 Å². The van der Waals surface area contributed by atoms with Gasteiger partial charge >= 0.3 is 0 Å². The molecule has 0 bridgehead atoms. The minimum absolute atomic E-state index is 0.844. The van der Waals surface area contributed by atoms with Crippen LogP contribution >= 0.6 is 0 Å². The minimum atomic E-state index is 0.844. The number of aromatic nitrogens is 2. The van der Waals surface area contributed by atoms with Crippen molar-refractivity contribution in [2.75, 3.05) is 7.11 Å². The summed E-state index contributed by atoms with van der Waals surface area (Å²) in [6, 6.07) is 13.7. The fraction of sp³-hybridized carbons (Fsp3) is 0.125. The molecule has 0 aliphatic rings. The van der Waals surface area contributed by atoms with E-state index in [-0.39, 0.29) is 0 Å². The van der Waals surface area contributed by atoms with Gasteiger partial charge in [-0.3, -0.25) is 4.99 Å². The third-order valence-corrected chi connectivity index (χ3v) is 3.06. The van der Waals surface area contributed by atoms with E-state index < -0.39 is 0 Å². The van der Waals surface area contributed by atoms with Gasteiger partial charge < -0.3 is 9.72 Å². The Bertz CT molecular complexity index is 757. The van der Waals surface area contributed by atoms with Crippen LogP contribution in [0.3, 0.4) is 0 Å². The van der Waals surface area contributed by atoms with E-state index in [2.05, 4.69) is 15.0 Å². The highest BCUT2D eigenvalue weighted by Gasteiger charge is 1.99. The van der Waals surface area contributed by atoms with Crippen molar-refractivity contribution >= 4 is 22.9 Å². The normalized spacial score (nSPS) is 11.3. The van der Waals surface area contributed by atoms with Crippen LogP contribution in [0.2, 0.25) is 0 Å². The second-order valence-corrected chi connectivity index (χ2v) is 4.56. The molecule has 0 spiro atoms. The highest BCUT2D eigenvalue weighted by molar-refractivity contribution is 5.84. The summed E-state index contributed by atoms with van der Waals surface area (Å²) in [5.74, 6) is 1.76. The third-order valence-electron chi connectivity index (χ3n) is 3.06. The first-order valence-corrected chi connectivity index (χ1v) is 6.39. The van der Waals surface area contributed by atoms with Crippen LogP contribution in [0.25, 0.3) is 11.0 Å². The zero-order chi connectivity index (χ0) is 13.9. The Morgan fingerprint density at radius 1 is 1.15 bits per heavy atom. The number of aryl methyl sites for hydroxylation is 1. The number of nitrogens with one attached hydrogen (secondary N) is 1. The molecule has 0 fully saturated rings. The number of imidazole rings is 1. The van der Waals surface area contributed by atoms with Crippen LogP contribution in [0.1, 0.15) is 11.4 Å². The number of fused-ring (bicyclic) bond motifs is 1. The van der Waals surface area contributed by atoms with Crippen molar-refractivity contribution in [3.63, 3.8) is 0 Å². The molecule has 0 atom stereocenters. The Morgan fingerprint density at radius 2 is 1.95 bits per heavy atom. The van der Waals surface area contributed by atoms with E-state index in [1.165, 1.54) is 0 Å². The van der Waals surface area contributed by atoms with E-state index in [9.17, 15) is 0 Å². The van der Waals surface area contributed by atoms with Crippen LogP contribution in [0.15, 0.2) is 47.5 Å². The van der Waals surface area contributed by atoms with Crippen LogP contribution in [0.4, 0.5) is 5.69 Å². The summed E-state index contributed by atoms with van der Waals surface area (Å²) in [5, 5.41) is 0. The Hall–Kier alpha value is -2.62. The number of H-pyrrole nitrogens is 1. The maximum Gasteiger partial charge on any atom is 0.118 e. The van der Waals surface area contributed by atoms with Crippen molar-refractivity contribution in [2.24, 2.45) is 4.99 Å². The molecule has 1 heterocycles. The van der Waals surface area contributed by atoms with Gasteiger partial charge in [0.2, 0.25) is 0 Å². The van der Waals surface area contributed by atoms with Crippen LogP contribution in [0, 0.1) is 6.92 Å². The average Bonchev–Trinajstić information content (AvgIpc) is 2.85. The Morgan fingerprint density at radius 3 is 2.70 bits per heavy atom. The van der Waals surface area contributed by atoms with Crippen LogP contribution in [0.5, 0.6) is 5.75 Å². The predicted molar refractivity (Wildman–Crippen MR) is 81.1 cm³/mol. The average molecular weight is 265 g/mol. The van der Waals surface area contributed by atoms with Gasteiger partial charge in [-0.15, -0.1) is 0 Å². The van der Waals surface area contributed by atoms with E-state index in [0.717, 1.165) is 33.9 Å². The minimum Gasteiger partial charge on any atom is -0.497 e. The number of benzene rings is 2. The smallest absolute Gasteiger partial charge is 0.118 e. The molecule has 4 heteroatoms. The van der Waals surface area contributed by atoms with Gasteiger partial charge in [-0.1, -0.05) is 0 Å². The largest absolute Gasteiger partial charge is 0.497 e. The molecule has 0 radical (unpaired) electrons. The molecule has 3 aromatic rings. The van der Waals surface area contributed by atoms with E-state index in [4.69, 9.17) is 4.74 Å². The lowest BCUT2D eigenvalue weighted by Crippen LogP contribution is -1.84. The molecule has 0 unspecified atom stereocenters. The van der Waals surface area contributed by atoms with Crippen molar-refractivity contribution in [3.8, 4) is 5.75 Å². The number of ether oxygens (including phenoxy) is 1. The molecule has 0 aliphatic heterocycles. The summed E-state index contributed by atoms with van der Waals surface area (Å²) in [4.78, 5) is 12.1. The summed E-state index contributed by atoms with van der Waals surface area (Å²) in [7, 11) is 1.66. The number of methoxy groups -OCH3 is 1. The number of aromatic amines is 1. The van der Waals surface area contributed by atoms with E-state index in [0.29, 0.717) is 0 Å². The van der Waals surface area contributed by atoms with Gasteiger partial charge in [-0.2, -0.15) is 0 Å². The van der Waals surface area contributed by atoms with E-state index >= 15 is 0 Å². The highest BCUT2D eigenvalue weighted by Crippen LogP contribution is 2.19. The Labute approximate surface area is 117 Å². The Balaban J connectivity index is 1.85. The molecule has 3 rings (SSSR count). The van der Waals surface area contributed by atoms with Crippen molar-refractivity contribution in [1.29, 1.82) is 0 Å². The number of nitrogens with zero attached hydrogens (tertiary/aromatic N) is 2. The summed E-state index contributed by atoms with van der Waals surface area (Å²) in [6.45, 7) is 1.94. The third kappa shape index (κ3) is 2.54. The number of aliphatic imine (C=N–C) groups is 1. The van der Waals surface area contributed by atoms with Gasteiger partial charge in [0.25, 0.3) is 0 Å². The van der Waals surface area contributed by atoms with Crippen LogP contribution in [-0.4, -0.2) is 23.3 Å². The lowest BCUT2D eigenvalue weighted by molar-refractivity contribution is 0.415. The van der Waals surface area contributed by atoms with Crippen molar-refractivity contribution in [2.45, 2.75) is 6.92 Å². The fourth-order valence-corrected chi connectivity index (χ4v) is 2.04. The lowest BCUT2D eigenvalue weighted by Gasteiger charge is -1.99. The highest BCUT2D eigenvalue weighted by atomic mass is 16.5. The first-order valence-electron chi connectivity index (χ1n) is 6.39. The molecular formula is C16H15N3O.